The summed E-state index contributed by atoms with van der Waals surface area (Å²) in [5.41, 5.74) is 2.82. The van der Waals surface area contributed by atoms with E-state index in [1.54, 1.807) is 6.07 Å². The van der Waals surface area contributed by atoms with Crippen LogP contribution >= 0.6 is 11.6 Å². The van der Waals surface area contributed by atoms with Gasteiger partial charge in [-0.1, -0.05) is 58.7 Å². The first kappa shape index (κ1) is 16.2. The molecule has 2 aromatic carbocycles. The number of carbonyl (C=O) groups is 1. The highest BCUT2D eigenvalue weighted by Gasteiger charge is 2.12. The number of nitrogens with one attached hydrogen (secondary N) is 1. The van der Waals surface area contributed by atoms with Gasteiger partial charge in [-0.3, -0.25) is 4.79 Å². The Morgan fingerprint density at radius 2 is 1.92 bits per heavy atom. The van der Waals surface area contributed by atoms with Crippen LogP contribution in [0.15, 0.2) is 53.1 Å². The number of amides is 1. The Morgan fingerprint density at radius 1 is 1.17 bits per heavy atom. The van der Waals surface area contributed by atoms with Gasteiger partial charge in [0, 0.05) is 5.56 Å². The van der Waals surface area contributed by atoms with Crippen molar-refractivity contribution in [2.75, 3.05) is 0 Å². The third-order valence-electron chi connectivity index (χ3n) is 3.50. The van der Waals surface area contributed by atoms with Crippen LogP contribution in [0.1, 0.15) is 17.0 Å². The van der Waals surface area contributed by atoms with Crippen LogP contribution < -0.4 is 5.32 Å². The fourth-order valence-corrected chi connectivity index (χ4v) is 2.43. The Bertz CT molecular complexity index is 843. The predicted octanol–water partition coefficient (Wildman–Crippen LogP) is 3.56. The fraction of sp³-hybridized carbons (Fsp3) is 0.167. The predicted molar refractivity (Wildman–Crippen MR) is 91.5 cm³/mol. The van der Waals surface area contributed by atoms with E-state index in [-0.39, 0.29) is 12.5 Å². The van der Waals surface area contributed by atoms with Gasteiger partial charge in [0.1, 0.15) is 0 Å². The average molecular weight is 342 g/mol. The molecule has 0 aliphatic rings. The van der Waals surface area contributed by atoms with Crippen LogP contribution in [-0.2, 0) is 17.8 Å². The summed E-state index contributed by atoms with van der Waals surface area (Å²) in [5, 5.41) is 7.22. The first-order chi connectivity index (χ1) is 11.6. The van der Waals surface area contributed by atoms with Crippen molar-refractivity contribution in [3.05, 3.63) is 70.6 Å². The maximum Gasteiger partial charge on any atom is 0.246 e. The monoisotopic (exact) mass is 341 g/mol. The summed E-state index contributed by atoms with van der Waals surface area (Å²) in [6, 6.07) is 15.1. The Morgan fingerprint density at radius 3 is 2.67 bits per heavy atom. The number of hydrogen-bond donors (Lipinski definition) is 1. The van der Waals surface area contributed by atoms with Gasteiger partial charge in [0.15, 0.2) is 0 Å². The van der Waals surface area contributed by atoms with Gasteiger partial charge in [0.2, 0.25) is 17.6 Å². The molecule has 0 bridgehead atoms. The first-order valence-electron chi connectivity index (χ1n) is 7.51. The highest BCUT2D eigenvalue weighted by molar-refractivity contribution is 6.33. The van der Waals surface area contributed by atoms with Gasteiger partial charge < -0.3 is 9.84 Å². The number of nitrogens with zero attached hydrogens (tertiary/aromatic N) is 2. The SMILES string of the molecule is Cc1ccc(CC(=O)NCc2nc(-c3ccccc3Cl)no2)cc1. The molecule has 122 valence electrons. The lowest BCUT2D eigenvalue weighted by molar-refractivity contribution is -0.120. The molecule has 0 saturated heterocycles. The van der Waals surface area contributed by atoms with Crippen molar-refractivity contribution in [1.29, 1.82) is 0 Å². The lowest BCUT2D eigenvalue weighted by Crippen LogP contribution is -2.24. The van der Waals surface area contributed by atoms with Gasteiger partial charge >= 0.3 is 0 Å². The fourth-order valence-electron chi connectivity index (χ4n) is 2.21. The second kappa shape index (κ2) is 7.27. The van der Waals surface area contributed by atoms with Crippen LogP contribution in [0.4, 0.5) is 0 Å². The van der Waals surface area contributed by atoms with Gasteiger partial charge in [-0.25, -0.2) is 0 Å². The molecule has 6 heteroatoms. The number of aromatic nitrogens is 2. The quantitative estimate of drug-likeness (QED) is 0.770. The third kappa shape index (κ3) is 4.00. The highest BCUT2D eigenvalue weighted by Crippen LogP contribution is 2.24. The summed E-state index contributed by atoms with van der Waals surface area (Å²) in [4.78, 5) is 16.2. The Labute approximate surface area is 144 Å². The molecule has 0 saturated carbocycles. The second-order valence-electron chi connectivity index (χ2n) is 5.43. The molecule has 0 atom stereocenters. The van der Waals surface area contributed by atoms with E-state index in [9.17, 15) is 4.79 Å². The minimum absolute atomic E-state index is 0.101. The van der Waals surface area contributed by atoms with E-state index >= 15 is 0 Å². The van der Waals surface area contributed by atoms with Crippen LogP contribution in [-0.4, -0.2) is 16.0 Å². The van der Waals surface area contributed by atoms with E-state index in [4.69, 9.17) is 16.1 Å². The van der Waals surface area contributed by atoms with Crippen LogP contribution in [0.2, 0.25) is 5.02 Å². The van der Waals surface area contributed by atoms with Gasteiger partial charge in [0.25, 0.3) is 0 Å². The number of carbonyl (C=O) groups excluding carboxylic acids is 1. The van der Waals surface area contributed by atoms with Crippen molar-refractivity contribution in [3.8, 4) is 11.4 Å². The molecule has 0 spiro atoms. The van der Waals surface area contributed by atoms with Crippen LogP contribution in [0.25, 0.3) is 11.4 Å². The number of benzene rings is 2. The summed E-state index contributed by atoms with van der Waals surface area (Å²) in [5.74, 6) is 0.641. The molecule has 0 radical (unpaired) electrons. The smallest absolute Gasteiger partial charge is 0.246 e. The van der Waals surface area contributed by atoms with Gasteiger partial charge in [-0.15, -0.1) is 0 Å². The molecule has 0 fully saturated rings. The van der Waals surface area contributed by atoms with Crippen molar-refractivity contribution in [3.63, 3.8) is 0 Å². The Balaban J connectivity index is 1.58. The number of hydrogen-bond acceptors (Lipinski definition) is 4. The van der Waals surface area contributed by atoms with E-state index < -0.39 is 0 Å². The molecule has 0 aliphatic heterocycles. The highest BCUT2D eigenvalue weighted by atomic mass is 35.5. The molecular weight excluding hydrogens is 326 g/mol. The minimum atomic E-state index is -0.101. The summed E-state index contributed by atoms with van der Waals surface area (Å²) >= 11 is 6.11. The van der Waals surface area contributed by atoms with E-state index in [0.717, 1.165) is 11.1 Å². The number of rotatable bonds is 5. The van der Waals surface area contributed by atoms with Crippen molar-refractivity contribution in [2.24, 2.45) is 0 Å². The summed E-state index contributed by atoms with van der Waals surface area (Å²) < 4.78 is 5.16. The topological polar surface area (TPSA) is 68.0 Å². The Hall–Kier alpha value is -2.66. The van der Waals surface area contributed by atoms with E-state index in [2.05, 4.69) is 15.5 Å². The van der Waals surface area contributed by atoms with Crippen molar-refractivity contribution in [1.82, 2.24) is 15.5 Å². The molecule has 5 nitrogen and oxygen atoms in total. The molecule has 24 heavy (non-hydrogen) atoms. The average Bonchev–Trinajstić information content (AvgIpc) is 3.04. The van der Waals surface area contributed by atoms with Crippen LogP contribution in [0, 0.1) is 6.92 Å². The van der Waals surface area contributed by atoms with Crippen LogP contribution in [0.3, 0.4) is 0 Å². The van der Waals surface area contributed by atoms with Crippen molar-refractivity contribution in [2.45, 2.75) is 19.9 Å². The molecule has 0 aliphatic carbocycles. The Kier molecular flexibility index (Phi) is 4.91. The molecule has 0 unspecified atom stereocenters. The maximum atomic E-state index is 12.0. The van der Waals surface area contributed by atoms with Crippen LogP contribution in [0.5, 0.6) is 0 Å². The molecule has 1 N–H and O–H groups in total. The molecular formula is C18H16ClN3O2. The summed E-state index contributed by atoms with van der Waals surface area (Å²) in [6.07, 6.45) is 0.311. The summed E-state index contributed by atoms with van der Waals surface area (Å²) in [6.45, 7) is 2.19. The zero-order valence-corrected chi connectivity index (χ0v) is 13.9. The number of aryl methyl sites for hydroxylation is 1. The van der Waals surface area contributed by atoms with Crippen molar-refractivity contribution >= 4 is 17.5 Å². The maximum absolute atomic E-state index is 12.0. The summed E-state index contributed by atoms with van der Waals surface area (Å²) in [7, 11) is 0. The molecule has 3 rings (SSSR count). The number of halogens is 1. The second-order valence-corrected chi connectivity index (χ2v) is 5.84. The first-order valence-corrected chi connectivity index (χ1v) is 7.89. The normalized spacial score (nSPS) is 10.6. The molecule has 3 aromatic rings. The van der Waals surface area contributed by atoms with Gasteiger partial charge in [-0.05, 0) is 24.6 Å². The minimum Gasteiger partial charge on any atom is -0.347 e. The van der Waals surface area contributed by atoms with Gasteiger partial charge in [-0.2, -0.15) is 4.98 Å². The lowest BCUT2D eigenvalue weighted by atomic mass is 10.1. The largest absolute Gasteiger partial charge is 0.347 e. The third-order valence-corrected chi connectivity index (χ3v) is 3.83. The van der Waals surface area contributed by atoms with Crippen molar-refractivity contribution < 1.29 is 9.32 Å². The van der Waals surface area contributed by atoms with Gasteiger partial charge in [0.05, 0.1) is 18.0 Å². The standard InChI is InChI=1S/C18H16ClN3O2/c1-12-6-8-13(9-7-12)10-16(23)20-11-17-21-18(22-24-17)14-4-2-3-5-15(14)19/h2-9H,10-11H2,1H3,(H,20,23). The zero-order chi connectivity index (χ0) is 16.9. The van der Waals surface area contributed by atoms with E-state index in [0.29, 0.717) is 28.7 Å². The van der Waals surface area contributed by atoms with E-state index in [1.165, 1.54) is 0 Å². The molecule has 1 heterocycles. The molecule has 1 amide bonds. The van der Waals surface area contributed by atoms with E-state index in [1.807, 2.05) is 49.4 Å². The zero-order valence-electron chi connectivity index (χ0n) is 13.1. The lowest BCUT2D eigenvalue weighted by Gasteiger charge is -2.03. The molecule has 1 aromatic heterocycles.